The minimum absolute atomic E-state index is 0.0791. The van der Waals surface area contributed by atoms with E-state index < -0.39 is 5.60 Å². The number of nitrogens with one attached hydrogen (secondary N) is 1. The Morgan fingerprint density at radius 1 is 1.03 bits per heavy atom. The molecule has 6 nitrogen and oxygen atoms in total. The number of carbonyl (C=O) groups excluding carboxylic acids is 2. The van der Waals surface area contributed by atoms with Crippen molar-refractivity contribution in [3.8, 4) is 5.75 Å². The van der Waals surface area contributed by atoms with Gasteiger partial charge in [0.25, 0.3) is 5.91 Å². The summed E-state index contributed by atoms with van der Waals surface area (Å²) in [6.07, 6.45) is 3.03. The van der Waals surface area contributed by atoms with Gasteiger partial charge < -0.3 is 14.8 Å². The van der Waals surface area contributed by atoms with Crippen molar-refractivity contribution in [2.75, 3.05) is 7.11 Å². The van der Waals surface area contributed by atoms with Crippen LogP contribution in [0.25, 0.3) is 0 Å². The molecular weight excluding hydrogens is 392 g/mol. The Morgan fingerprint density at radius 3 is 2.35 bits per heavy atom. The number of nitrogens with zero attached hydrogens (tertiary/aromatic N) is 1. The van der Waals surface area contributed by atoms with Crippen molar-refractivity contribution in [2.24, 2.45) is 0 Å². The lowest BCUT2D eigenvalue weighted by atomic mass is 9.86. The summed E-state index contributed by atoms with van der Waals surface area (Å²) < 4.78 is 11.1. The van der Waals surface area contributed by atoms with Gasteiger partial charge in [-0.25, -0.2) is 4.79 Å². The van der Waals surface area contributed by atoms with Crippen molar-refractivity contribution in [2.45, 2.75) is 63.3 Å². The van der Waals surface area contributed by atoms with Crippen LogP contribution in [0.15, 0.2) is 54.6 Å². The number of amides is 2. The maximum Gasteiger partial charge on any atom is 0.411 e. The van der Waals surface area contributed by atoms with Gasteiger partial charge in [-0.05, 0) is 57.2 Å². The van der Waals surface area contributed by atoms with Crippen molar-refractivity contribution in [3.05, 3.63) is 65.7 Å². The van der Waals surface area contributed by atoms with E-state index in [1.165, 1.54) is 0 Å². The highest BCUT2D eigenvalue weighted by Crippen LogP contribution is 2.44. The number of ether oxygens (including phenoxy) is 2. The molecule has 1 aliphatic carbocycles. The number of methoxy groups -OCH3 is 1. The van der Waals surface area contributed by atoms with E-state index in [0.717, 1.165) is 31.2 Å². The molecule has 0 aromatic heterocycles. The standard InChI is InChI=1S/C25H30N2O4/c1-25(2)22(17-9-5-4-6-10-17)27(24(29)31-25)19-15-13-18(14-16-19)26-23(28)20-11-7-8-12-21(20)30-3/h4-12,18-19,22H,13-16H2,1-3H3,(H,26,28)/t18?,19?,22-/m0/s1. The smallest absolute Gasteiger partial charge is 0.411 e. The first-order valence-corrected chi connectivity index (χ1v) is 10.9. The summed E-state index contributed by atoms with van der Waals surface area (Å²) in [5, 5.41) is 3.14. The lowest BCUT2D eigenvalue weighted by Crippen LogP contribution is -2.46. The molecule has 1 aliphatic heterocycles. The number of cyclic esters (lactones) is 1. The largest absolute Gasteiger partial charge is 0.496 e. The molecule has 164 valence electrons. The Kier molecular flexibility index (Phi) is 5.90. The quantitative estimate of drug-likeness (QED) is 0.758. The van der Waals surface area contributed by atoms with E-state index in [-0.39, 0.29) is 30.1 Å². The molecule has 2 fully saturated rings. The molecule has 2 aromatic carbocycles. The van der Waals surface area contributed by atoms with E-state index in [2.05, 4.69) is 17.4 Å². The number of carbonyl (C=O) groups is 2. The first kappa shape index (κ1) is 21.2. The molecule has 0 spiro atoms. The number of hydrogen-bond acceptors (Lipinski definition) is 4. The predicted molar refractivity (Wildman–Crippen MR) is 118 cm³/mol. The zero-order valence-corrected chi connectivity index (χ0v) is 18.3. The molecule has 1 N–H and O–H groups in total. The van der Waals surface area contributed by atoms with Gasteiger partial charge in [-0.3, -0.25) is 9.69 Å². The Morgan fingerprint density at radius 2 is 1.68 bits per heavy atom. The van der Waals surface area contributed by atoms with E-state index in [1.807, 2.05) is 49.1 Å². The number of para-hydroxylation sites is 1. The summed E-state index contributed by atoms with van der Waals surface area (Å²) in [5.41, 5.74) is 1.04. The topological polar surface area (TPSA) is 67.9 Å². The lowest BCUT2D eigenvalue weighted by Gasteiger charge is -2.38. The summed E-state index contributed by atoms with van der Waals surface area (Å²) in [6, 6.07) is 17.4. The molecule has 6 heteroatoms. The fourth-order valence-electron chi connectivity index (χ4n) is 4.92. The van der Waals surface area contributed by atoms with E-state index in [1.54, 1.807) is 19.2 Å². The number of hydrogen-bond donors (Lipinski definition) is 1. The second-order valence-corrected chi connectivity index (χ2v) is 8.87. The van der Waals surface area contributed by atoms with Gasteiger partial charge >= 0.3 is 6.09 Å². The van der Waals surface area contributed by atoms with Crippen LogP contribution in [0.2, 0.25) is 0 Å². The SMILES string of the molecule is COc1ccccc1C(=O)NC1CCC(N2C(=O)OC(C)(C)[C@@H]2c2ccccc2)CC1. The minimum atomic E-state index is -0.590. The summed E-state index contributed by atoms with van der Waals surface area (Å²) in [4.78, 5) is 27.5. The molecule has 2 amide bonds. The minimum Gasteiger partial charge on any atom is -0.496 e. The van der Waals surface area contributed by atoms with Crippen LogP contribution in [0, 0.1) is 0 Å². The zero-order valence-electron chi connectivity index (χ0n) is 18.3. The van der Waals surface area contributed by atoms with Gasteiger partial charge in [0.2, 0.25) is 0 Å². The molecule has 2 aromatic rings. The maximum absolute atomic E-state index is 12.8. The highest BCUT2D eigenvalue weighted by Gasteiger charge is 2.51. The van der Waals surface area contributed by atoms with Crippen LogP contribution < -0.4 is 10.1 Å². The predicted octanol–water partition coefficient (Wildman–Crippen LogP) is 4.71. The third kappa shape index (κ3) is 4.24. The van der Waals surface area contributed by atoms with Crippen LogP contribution in [-0.4, -0.2) is 41.7 Å². The van der Waals surface area contributed by atoms with Crippen LogP contribution in [0.5, 0.6) is 5.75 Å². The molecule has 1 saturated carbocycles. The normalized spacial score (nSPS) is 25.1. The number of benzene rings is 2. The highest BCUT2D eigenvalue weighted by atomic mass is 16.6. The average molecular weight is 423 g/mol. The van der Waals surface area contributed by atoms with Crippen molar-refractivity contribution >= 4 is 12.0 Å². The fraction of sp³-hybridized carbons (Fsp3) is 0.440. The van der Waals surface area contributed by atoms with Crippen LogP contribution in [0.3, 0.4) is 0 Å². The van der Waals surface area contributed by atoms with Gasteiger partial charge in [0.1, 0.15) is 11.4 Å². The van der Waals surface area contributed by atoms with Gasteiger partial charge in [-0.2, -0.15) is 0 Å². The second-order valence-electron chi connectivity index (χ2n) is 8.87. The summed E-state index contributed by atoms with van der Waals surface area (Å²) in [6.45, 7) is 3.95. The molecule has 31 heavy (non-hydrogen) atoms. The summed E-state index contributed by atoms with van der Waals surface area (Å²) in [5.74, 6) is 0.450. The Labute approximate surface area is 183 Å². The third-order valence-electron chi connectivity index (χ3n) is 6.39. The van der Waals surface area contributed by atoms with E-state index in [4.69, 9.17) is 9.47 Å². The molecular formula is C25H30N2O4. The molecule has 0 unspecified atom stereocenters. The summed E-state index contributed by atoms with van der Waals surface area (Å²) >= 11 is 0. The van der Waals surface area contributed by atoms with E-state index in [9.17, 15) is 9.59 Å². The van der Waals surface area contributed by atoms with Crippen molar-refractivity contribution in [3.63, 3.8) is 0 Å². The van der Waals surface area contributed by atoms with Crippen LogP contribution in [0.1, 0.15) is 61.5 Å². The van der Waals surface area contributed by atoms with Crippen LogP contribution >= 0.6 is 0 Å². The third-order valence-corrected chi connectivity index (χ3v) is 6.39. The molecule has 1 heterocycles. The van der Waals surface area contributed by atoms with Gasteiger partial charge in [0.05, 0.1) is 18.7 Å². The van der Waals surface area contributed by atoms with Crippen molar-refractivity contribution in [1.29, 1.82) is 0 Å². The molecule has 0 radical (unpaired) electrons. The maximum atomic E-state index is 12.8. The van der Waals surface area contributed by atoms with E-state index in [0.29, 0.717) is 11.3 Å². The Balaban J connectivity index is 1.43. The second kappa shape index (κ2) is 8.61. The Bertz CT molecular complexity index is 936. The monoisotopic (exact) mass is 422 g/mol. The van der Waals surface area contributed by atoms with Gasteiger partial charge in [0.15, 0.2) is 0 Å². The first-order valence-electron chi connectivity index (χ1n) is 10.9. The molecule has 1 saturated heterocycles. The number of rotatable bonds is 5. The molecule has 2 aliphatic rings. The van der Waals surface area contributed by atoms with Crippen LogP contribution in [-0.2, 0) is 4.74 Å². The lowest BCUT2D eigenvalue weighted by molar-refractivity contribution is 0.0663. The molecule has 0 bridgehead atoms. The molecule has 1 atom stereocenters. The van der Waals surface area contributed by atoms with Gasteiger partial charge in [-0.1, -0.05) is 42.5 Å². The van der Waals surface area contributed by atoms with Crippen molar-refractivity contribution < 1.29 is 19.1 Å². The van der Waals surface area contributed by atoms with Gasteiger partial charge in [0, 0.05) is 12.1 Å². The van der Waals surface area contributed by atoms with Gasteiger partial charge in [-0.15, -0.1) is 0 Å². The Hall–Kier alpha value is -3.02. The highest BCUT2D eigenvalue weighted by molar-refractivity contribution is 5.97. The summed E-state index contributed by atoms with van der Waals surface area (Å²) in [7, 11) is 1.57. The first-order chi connectivity index (χ1) is 14.9. The van der Waals surface area contributed by atoms with Crippen LogP contribution in [0.4, 0.5) is 4.79 Å². The molecule has 4 rings (SSSR count). The zero-order chi connectivity index (χ0) is 22.0. The fourth-order valence-corrected chi connectivity index (χ4v) is 4.92. The average Bonchev–Trinajstić information content (AvgIpc) is 3.02. The van der Waals surface area contributed by atoms with E-state index >= 15 is 0 Å². The van der Waals surface area contributed by atoms with Crippen molar-refractivity contribution in [1.82, 2.24) is 10.2 Å².